The molecule has 0 saturated carbocycles. The lowest BCUT2D eigenvalue weighted by Crippen LogP contribution is -2.47. The lowest BCUT2D eigenvalue weighted by molar-refractivity contribution is -0.188. The first-order chi connectivity index (χ1) is 13.1. The topological polar surface area (TPSA) is 72.8 Å². The molecule has 1 fully saturated rings. The molecule has 27 heavy (non-hydrogen) atoms. The largest absolute Gasteiger partial charge is 0.465 e. The van der Waals surface area contributed by atoms with Gasteiger partial charge in [-0.1, -0.05) is 36.4 Å². The molecule has 0 bridgehead atoms. The van der Waals surface area contributed by atoms with Gasteiger partial charge in [-0.05, 0) is 54.5 Å². The van der Waals surface area contributed by atoms with Crippen LogP contribution in [0.5, 0.6) is 0 Å². The summed E-state index contributed by atoms with van der Waals surface area (Å²) in [5, 5.41) is 9.19. The van der Waals surface area contributed by atoms with Crippen LogP contribution in [0.4, 0.5) is 0 Å². The van der Waals surface area contributed by atoms with Gasteiger partial charge in [-0.15, -0.1) is 0 Å². The molecule has 2 aromatic rings. The van der Waals surface area contributed by atoms with E-state index in [1.54, 1.807) is 6.07 Å². The Balaban J connectivity index is 1.55. The van der Waals surface area contributed by atoms with Gasteiger partial charge in [-0.25, -0.2) is 4.79 Å². The van der Waals surface area contributed by atoms with Crippen LogP contribution in [-0.4, -0.2) is 36.9 Å². The Kier molecular flexibility index (Phi) is 6.24. The fourth-order valence-corrected chi connectivity index (χ4v) is 3.36. The van der Waals surface area contributed by atoms with E-state index in [0.29, 0.717) is 5.56 Å². The second-order valence-corrected chi connectivity index (χ2v) is 6.81. The number of carbonyl (C=O) groups is 2. The van der Waals surface area contributed by atoms with Crippen molar-refractivity contribution in [2.45, 2.75) is 31.8 Å². The fraction of sp³-hybridized carbons (Fsp3) is 0.364. The molecule has 5 heteroatoms. The molecule has 0 radical (unpaired) electrons. The Labute approximate surface area is 158 Å². The molecule has 0 aromatic heterocycles. The molecule has 1 heterocycles. The monoisotopic (exact) mass is 368 g/mol. The molecular formula is C22H24O5. The first-order valence-corrected chi connectivity index (χ1v) is 9.17. The summed E-state index contributed by atoms with van der Waals surface area (Å²) in [6, 6.07) is 15.9. The van der Waals surface area contributed by atoms with E-state index in [1.807, 2.05) is 24.3 Å². The van der Waals surface area contributed by atoms with Gasteiger partial charge in [0.15, 0.2) is 0 Å². The average molecular weight is 368 g/mol. The van der Waals surface area contributed by atoms with Crippen LogP contribution in [-0.2, 0) is 33.5 Å². The Morgan fingerprint density at radius 3 is 2.30 bits per heavy atom. The van der Waals surface area contributed by atoms with Crippen LogP contribution >= 0.6 is 0 Å². The van der Waals surface area contributed by atoms with Crippen molar-refractivity contribution in [1.82, 2.24) is 0 Å². The van der Waals surface area contributed by atoms with Crippen molar-refractivity contribution >= 4 is 11.9 Å². The smallest absolute Gasteiger partial charge is 0.337 e. The zero-order valence-electron chi connectivity index (χ0n) is 15.4. The van der Waals surface area contributed by atoms with Crippen LogP contribution in [0, 0.1) is 5.92 Å². The predicted molar refractivity (Wildman–Crippen MR) is 100 cm³/mol. The second kappa shape index (κ2) is 8.82. The van der Waals surface area contributed by atoms with Gasteiger partial charge in [0.2, 0.25) is 0 Å². The lowest BCUT2D eigenvalue weighted by atomic mass is 9.91. The number of cyclic esters (lactones) is 1. The first kappa shape index (κ1) is 19.1. The molecule has 2 aromatic carbocycles. The number of aliphatic hydroxyl groups excluding tert-OH is 1. The number of ether oxygens (including phenoxy) is 2. The van der Waals surface area contributed by atoms with E-state index in [9.17, 15) is 14.7 Å². The normalized spacial score (nSPS) is 18.5. The maximum atomic E-state index is 11.6. The highest BCUT2D eigenvalue weighted by molar-refractivity contribution is 5.89. The van der Waals surface area contributed by atoms with Crippen LogP contribution in [0.1, 0.15) is 33.5 Å². The first-order valence-electron chi connectivity index (χ1n) is 9.17. The molecule has 1 aliphatic rings. The van der Waals surface area contributed by atoms with Gasteiger partial charge < -0.3 is 14.6 Å². The summed E-state index contributed by atoms with van der Waals surface area (Å²) in [6.07, 6.45) is 3.06. The minimum Gasteiger partial charge on any atom is -0.465 e. The van der Waals surface area contributed by atoms with Gasteiger partial charge in [0.05, 0.1) is 19.3 Å². The molecule has 142 valence electrons. The zero-order chi connectivity index (χ0) is 19.2. The number of hydrogen-bond donors (Lipinski definition) is 1. The molecule has 0 spiro atoms. The van der Waals surface area contributed by atoms with Crippen molar-refractivity contribution in [2.24, 2.45) is 5.92 Å². The number of esters is 2. The second-order valence-electron chi connectivity index (χ2n) is 6.81. The molecule has 3 rings (SSSR count). The maximum Gasteiger partial charge on any atom is 0.337 e. The third-order valence-corrected chi connectivity index (χ3v) is 4.98. The van der Waals surface area contributed by atoms with E-state index >= 15 is 0 Å². The Hall–Kier alpha value is -2.66. The molecule has 0 amide bonds. The summed E-state index contributed by atoms with van der Waals surface area (Å²) in [7, 11) is 1.38. The number of aryl methyl sites for hydroxylation is 3. The maximum absolute atomic E-state index is 11.6. The third kappa shape index (κ3) is 4.74. The summed E-state index contributed by atoms with van der Waals surface area (Å²) in [4.78, 5) is 22.9. The van der Waals surface area contributed by atoms with Crippen LogP contribution in [0.25, 0.3) is 0 Å². The zero-order valence-corrected chi connectivity index (χ0v) is 15.4. The van der Waals surface area contributed by atoms with E-state index in [2.05, 4.69) is 18.2 Å². The molecule has 0 unspecified atom stereocenters. The number of rotatable bonds is 8. The molecule has 1 N–H and O–H groups in total. The van der Waals surface area contributed by atoms with Gasteiger partial charge in [0.25, 0.3) is 0 Å². The van der Waals surface area contributed by atoms with E-state index in [4.69, 9.17) is 9.47 Å². The molecule has 1 saturated heterocycles. The molecule has 2 atom stereocenters. The summed E-state index contributed by atoms with van der Waals surface area (Å²) < 4.78 is 9.87. The standard InChI is InChI=1S/C22H24O5/c1-26-21(24)18-7-3-6-17(13-18)9-8-15-4-2-5-16(12-15)10-11-20-19(14-23)22(25)27-20/h2-7,12-13,19-20,23H,8-11,14H2,1H3/t19-,20-/m1/s1. The number of methoxy groups -OCH3 is 1. The van der Waals surface area contributed by atoms with Crippen LogP contribution in [0.2, 0.25) is 0 Å². The minimum absolute atomic E-state index is 0.145. The van der Waals surface area contributed by atoms with E-state index in [0.717, 1.165) is 31.2 Å². The fourth-order valence-electron chi connectivity index (χ4n) is 3.36. The Morgan fingerprint density at radius 2 is 1.67 bits per heavy atom. The number of benzene rings is 2. The van der Waals surface area contributed by atoms with Crippen LogP contribution in [0.15, 0.2) is 48.5 Å². The van der Waals surface area contributed by atoms with Crippen molar-refractivity contribution in [3.63, 3.8) is 0 Å². The highest BCUT2D eigenvalue weighted by Crippen LogP contribution is 2.26. The summed E-state index contributed by atoms with van der Waals surface area (Å²) >= 11 is 0. The van der Waals surface area contributed by atoms with E-state index < -0.39 is 0 Å². The minimum atomic E-state index is -0.365. The van der Waals surface area contributed by atoms with E-state index in [1.165, 1.54) is 18.2 Å². The van der Waals surface area contributed by atoms with Crippen molar-refractivity contribution in [3.05, 3.63) is 70.8 Å². The summed E-state index contributed by atoms with van der Waals surface area (Å²) in [5.41, 5.74) is 4.07. The predicted octanol–water partition coefficient (Wildman–Crippen LogP) is 2.72. The Morgan fingerprint density at radius 1 is 1.04 bits per heavy atom. The van der Waals surface area contributed by atoms with Crippen molar-refractivity contribution in [3.8, 4) is 0 Å². The van der Waals surface area contributed by atoms with Gasteiger partial charge in [0.1, 0.15) is 12.0 Å². The van der Waals surface area contributed by atoms with Gasteiger partial charge >= 0.3 is 11.9 Å². The van der Waals surface area contributed by atoms with Crippen molar-refractivity contribution in [1.29, 1.82) is 0 Å². The van der Waals surface area contributed by atoms with Crippen LogP contribution in [0.3, 0.4) is 0 Å². The lowest BCUT2D eigenvalue weighted by Gasteiger charge is -2.33. The summed E-state index contributed by atoms with van der Waals surface area (Å²) in [5.74, 6) is -0.988. The van der Waals surface area contributed by atoms with Gasteiger partial charge in [-0.2, -0.15) is 0 Å². The van der Waals surface area contributed by atoms with E-state index in [-0.39, 0.29) is 30.6 Å². The molecular weight excluding hydrogens is 344 g/mol. The molecule has 5 nitrogen and oxygen atoms in total. The SMILES string of the molecule is COC(=O)c1cccc(CCc2cccc(CC[C@H]3OC(=O)[C@@H]3CO)c2)c1. The highest BCUT2D eigenvalue weighted by Gasteiger charge is 2.41. The number of hydrogen-bond acceptors (Lipinski definition) is 5. The van der Waals surface area contributed by atoms with Crippen molar-refractivity contribution in [2.75, 3.05) is 13.7 Å². The molecule has 1 aliphatic heterocycles. The van der Waals surface area contributed by atoms with Crippen LogP contribution < -0.4 is 0 Å². The number of carbonyl (C=O) groups excluding carboxylic acids is 2. The van der Waals surface area contributed by atoms with Gasteiger partial charge in [-0.3, -0.25) is 4.79 Å². The van der Waals surface area contributed by atoms with Gasteiger partial charge in [0, 0.05) is 0 Å². The third-order valence-electron chi connectivity index (χ3n) is 4.98. The average Bonchev–Trinajstić information content (AvgIpc) is 2.69. The molecule has 0 aliphatic carbocycles. The number of aliphatic hydroxyl groups is 1. The van der Waals surface area contributed by atoms with Crippen molar-refractivity contribution < 1.29 is 24.2 Å². The quantitative estimate of drug-likeness (QED) is 0.726. The highest BCUT2D eigenvalue weighted by atomic mass is 16.6. The summed E-state index contributed by atoms with van der Waals surface area (Å²) in [6.45, 7) is -0.145. The Bertz CT molecular complexity index is 814.